The lowest BCUT2D eigenvalue weighted by Gasteiger charge is -2.28. The molecule has 7 aromatic rings. The molecule has 1 atom stereocenters. The summed E-state index contributed by atoms with van der Waals surface area (Å²) in [6, 6.07) is 57.0. The van der Waals surface area contributed by atoms with Gasteiger partial charge in [-0.15, -0.1) is 0 Å². The zero-order valence-corrected chi connectivity index (χ0v) is 27.7. The molecule has 0 heterocycles. The summed E-state index contributed by atoms with van der Waals surface area (Å²) >= 11 is 0. The van der Waals surface area contributed by atoms with Gasteiger partial charge in [0.05, 0.1) is 0 Å². The van der Waals surface area contributed by atoms with Gasteiger partial charge in [-0.05, 0) is 96.8 Å². The second kappa shape index (κ2) is 12.0. The summed E-state index contributed by atoms with van der Waals surface area (Å²) in [4.78, 5) is 0. The van der Waals surface area contributed by atoms with Crippen LogP contribution >= 0.6 is 0 Å². The summed E-state index contributed by atoms with van der Waals surface area (Å²) in [5.74, 6) is 0.515. The van der Waals surface area contributed by atoms with E-state index in [2.05, 4.69) is 172 Å². The predicted molar refractivity (Wildman–Crippen MR) is 201 cm³/mol. The summed E-state index contributed by atoms with van der Waals surface area (Å²) in [6.45, 7) is 7.27. The molecule has 0 bridgehead atoms. The summed E-state index contributed by atoms with van der Waals surface area (Å²) in [5, 5.41) is 5.18. The minimum atomic E-state index is -0.0444. The summed E-state index contributed by atoms with van der Waals surface area (Å²) in [7, 11) is 0. The number of aryl methyl sites for hydroxylation is 2. The molecule has 0 fully saturated rings. The Morgan fingerprint density at radius 3 is 1.60 bits per heavy atom. The highest BCUT2D eigenvalue weighted by Gasteiger charge is 2.36. The molecular formula is C47H42. The van der Waals surface area contributed by atoms with Gasteiger partial charge >= 0.3 is 0 Å². The van der Waals surface area contributed by atoms with Crippen LogP contribution in [0.2, 0.25) is 0 Å². The largest absolute Gasteiger partial charge is 0.0622 e. The molecule has 1 unspecified atom stereocenters. The van der Waals surface area contributed by atoms with E-state index in [1.165, 1.54) is 78.0 Å². The molecule has 0 aliphatic heterocycles. The molecule has 47 heavy (non-hydrogen) atoms. The maximum absolute atomic E-state index is 2.53. The molecule has 0 spiro atoms. The van der Waals surface area contributed by atoms with Crippen LogP contribution in [0.15, 0.2) is 152 Å². The highest BCUT2D eigenvalue weighted by atomic mass is 14.4. The van der Waals surface area contributed by atoms with Crippen LogP contribution in [0.3, 0.4) is 0 Å². The third-order valence-electron chi connectivity index (χ3n) is 10.8. The van der Waals surface area contributed by atoms with E-state index in [0.717, 1.165) is 12.8 Å². The van der Waals surface area contributed by atoms with Crippen molar-refractivity contribution in [2.45, 2.75) is 57.3 Å². The van der Waals surface area contributed by atoms with Crippen molar-refractivity contribution >= 4 is 21.5 Å². The molecule has 7 aromatic carbocycles. The molecule has 0 aromatic heterocycles. The SMILES string of the molecule is CC(c1ccc2c(c1)C(C)(C)c1cc(CCCc3ccccc3)ccc1-2)C(c1ccc2ccccc2c1)c1ccc2ccccc2c1. The third-order valence-corrected chi connectivity index (χ3v) is 10.8. The second-order valence-electron chi connectivity index (χ2n) is 14.1. The number of benzene rings is 7. The first-order chi connectivity index (χ1) is 23.0. The van der Waals surface area contributed by atoms with E-state index >= 15 is 0 Å². The fourth-order valence-electron chi connectivity index (χ4n) is 8.15. The van der Waals surface area contributed by atoms with Gasteiger partial charge in [0, 0.05) is 11.3 Å². The summed E-state index contributed by atoms with van der Waals surface area (Å²) in [5.41, 5.74) is 12.7. The monoisotopic (exact) mass is 606 g/mol. The molecule has 0 radical (unpaired) electrons. The first kappa shape index (κ1) is 29.5. The fraction of sp³-hybridized carbons (Fsp3) is 0.191. The van der Waals surface area contributed by atoms with Gasteiger partial charge in [-0.3, -0.25) is 0 Å². The maximum Gasteiger partial charge on any atom is 0.0159 e. The lowest BCUT2D eigenvalue weighted by molar-refractivity contribution is 0.639. The quantitative estimate of drug-likeness (QED) is 0.161. The van der Waals surface area contributed by atoms with E-state index in [0.29, 0.717) is 0 Å². The smallest absolute Gasteiger partial charge is 0.0159 e. The van der Waals surface area contributed by atoms with Crippen molar-refractivity contribution in [2.24, 2.45) is 0 Å². The molecule has 0 saturated heterocycles. The van der Waals surface area contributed by atoms with Gasteiger partial charge in [-0.2, -0.15) is 0 Å². The van der Waals surface area contributed by atoms with E-state index in [-0.39, 0.29) is 17.3 Å². The number of fused-ring (bicyclic) bond motifs is 5. The minimum absolute atomic E-state index is 0.0444. The molecular weight excluding hydrogens is 565 g/mol. The van der Waals surface area contributed by atoms with Crippen LogP contribution in [0.4, 0.5) is 0 Å². The van der Waals surface area contributed by atoms with Crippen LogP contribution in [0, 0.1) is 0 Å². The Kier molecular flexibility index (Phi) is 7.53. The van der Waals surface area contributed by atoms with Crippen LogP contribution in [0.5, 0.6) is 0 Å². The van der Waals surface area contributed by atoms with Gasteiger partial charge in [0.25, 0.3) is 0 Å². The van der Waals surface area contributed by atoms with Gasteiger partial charge in [0.1, 0.15) is 0 Å². The Balaban J connectivity index is 1.14. The molecule has 0 nitrogen and oxygen atoms in total. The highest BCUT2D eigenvalue weighted by molar-refractivity contribution is 5.85. The molecule has 0 heteroatoms. The van der Waals surface area contributed by atoms with Gasteiger partial charge in [-0.25, -0.2) is 0 Å². The number of hydrogen-bond donors (Lipinski definition) is 0. The Bertz CT molecular complexity index is 2140. The molecule has 8 rings (SSSR count). The van der Waals surface area contributed by atoms with Crippen molar-refractivity contribution in [1.82, 2.24) is 0 Å². The van der Waals surface area contributed by atoms with Gasteiger partial charge < -0.3 is 0 Å². The summed E-state index contributed by atoms with van der Waals surface area (Å²) < 4.78 is 0. The van der Waals surface area contributed by atoms with E-state index < -0.39 is 0 Å². The average Bonchev–Trinajstić information content (AvgIpc) is 3.33. The maximum atomic E-state index is 2.53. The van der Waals surface area contributed by atoms with Gasteiger partial charge in [-0.1, -0.05) is 172 Å². The zero-order valence-electron chi connectivity index (χ0n) is 27.7. The molecule has 230 valence electrons. The Hall–Kier alpha value is -4.94. The average molecular weight is 607 g/mol. The van der Waals surface area contributed by atoms with E-state index in [1.807, 2.05) is 0 Å². The lowest BCUT2D eigenvalue weighted by Crippen LogP contribution is -2.17. The first-order valence-electron chi connectivity index (χ1n) is 17.3. The van der Waals surface area contributed by atoms with Crippen molar-refractivity contribution in [3.8, 4) is 11.1 Å². The predicted octanol–water partition coefficient (Wildman–Crippen LogP) is 12.4. The van der Waals surface area contributed by atoms with Gasteiger partial charge in [0.2, 0.25) is 0 Å². The molecule has 0 saturated carbocycles. The van der Waals surface area contributed by atoms with E-state index in [9.17, 15) is 0 Å². The first-order valence-corrected chi connectivity index (χ1v) is 17.3. The minimum Gasteiger partial charge on any atom is -0.0622 e. The topological polar surface area (TPSA) is 0 Å². The van der Waals surface area contributed by atoms with Crippen LogP contribution in [0.1, 0.15) is 78.0 Å². The Morgan fingerprint density at radius 2 is 0.957 bits per heavy atom. The number of hydrogen-bond acceptors (Lipinski definition) is 0. The van der Waals surface area contributed by atoms with Crippen molar-refractivity contribution in [2.75, 3.05) is 0 Å². The van der Waals surface area contributed by atoms with Crippen molar-refractivity contribution in [3.63, 3.8) is 0 Å². The van der Waals surface area contributed by atoms with Crippen molar-refractivity contribution < 1.29 is 0 Å². The lowest BCUT2D eigenvalue weighted by atomic mass is 9.75. The van der Waals surface area contributed by atoms with Crippen LogP contribution in [0.25, 0.3) is 32.7 Å². The normalized spacial score (nSPS) is 14.0. The molecule has 1 aliphatic carbocycles. The van der Waals surface area contributed by atoms with Crippen molar-refractivity contribution in [1.29, 1.82) is 0 Å². The second-order valence-corrected chi connectivity index (χ2v) is 14.1. The van der Waals surface area contributed by atoms with Crippen molar-refractivity contribution in [3.05, 3.63) is 191 Å². The van der Waals surface area contributed by atoms with E-state index in [4.69, 9.17) is 0 Å². The van der Waals surface area contributed by atoms with Crippen LogP contribution < -0.4 is 0 Å². The highest BCUT2D eigenvalue weighted by Crippen LogP contribution is 2.51. The summed E-state index contributed by atoms with van der Waals surface area (Å²) in [6.07, 6.45) is 3.40. The number of rotatable bonds is 8. The Labute approximate surface area is 279 Å². The van der Waals surface area contributed by atoms with Crippen LogP contribution in [-0.4, -0.2) is 0 Å². The fourth-order valence-corrected chi connectivity index (χ4v) is 8.15. The molecule has 0 N–H and O–H groups in total. The van der Waals surface area contributed by atoms with E-state index in [1.54, 1.807) is 0 Å². The van der Waals surface area contributed by atoms with Gasteiger partial charge in [0.15, 0.2) is 0 Å². The molecule has 0 amide bonds. The third kappa shape index (κ3) is 5.47. The zero-order chi connectivity index (χ0) is 32.0. The Morgan fingerprint density at radius 1 is 0.447 bits per heavy atom. The molecule has 1 aliphatic rings. The standard InChI is InChI=1S/C47H42/c1-32(46(40-23-21-35-16-7-9-18-38(35)29-40)41-24-22-36-17-8-10-19-39(36)30-41)37-25-27-43-42-26-20-34(15-11-14-33-12-5-4-6-13-33)28-44(42)47(2,3)45(43)31-37/h4-10,12-13,16-32,46H,11,14-15H2,1-3H3. The van der Waals surface area contributed by atoms with Crippen LogP contribution in [-0.2, 0) is 18.3 Å².